The summed E-state index contributed by atoms with van der Waals surface area (Å²) in [5.74, 6) is -0.304. The van der Waals surface area contributed by atoms with E-state index in [-0.39, 0.29) is 11.5 Å². The summed E-state index contributed by atoms with van der Waals surface area (Å²) in [6.07, 6.45) is 5.08. The first-order chi connectivity index (χ1) is 9.58. The maximum absolute atomic E-state index is 13.6. The number of nitrogens with zero attached hydrogens (tertiary/aromatic N) is 2. The summed E-state index contributed by atoms with van der Waals surface area (Å²) in [5, 5.41) is 0. The van der Waals surface area contributed by atoms with Crippen LogP contribution in [0.25, 0.3) is 0 Å². The molecular formula is C16H24FN3. The molecule has 1 aromatic rings. The van der Waals surface area contributed by atoms with Gasteiger partial charge >= 0.3 is 0 Å². The zero-order valence-electron chi connectivity index (χ0n) is 12.2. The van der Waals surface area contributed by atoms with Gasteiger partial charge in [-0.3, -0.25) is 0 Å². The van der Waals surface area contributed by atoms with Crippen molar-refractivity contribution in [3.05, 3.63) is 24.0 Å². The molecular weight excluding hydrogens is 253 g/mol. The van der Waals surface area contributed by atoms with E-state index in [4.69, 9.17) is 5.73 Å². The van der Waals surface area contributed by atoms with Crippen molar-refractivity contribution in [2.24, 2.45) is 5.41 Å². The molecule has 0 amide bonds. The van der Waals surface area contributed by atoms with Gasteiger partial charge in [0, 0.05) is 18.8 Å². The van der Waals surface area contributed by atoms with Crippen molar-refractivity contribution in [1.82, 2.24) is 4.90 Å². The monoisotopic (exact) mass is 277 g/mol. The zero-order valence-corrected chi connectivity index (χ0v) is 12.2. The molecule has 0 bridgehead atoms. The number of hydrogen-bond donors (Lipinski definition) is 1. The Morgan fingerprint density at radius 3 is 2.25 bits per heavy atom. The van der Waals surface area contributed by atoms with Crippen LogP contribution in [0.4, 0.5) is 15.8 Å². The van der Waals surface area contributed by atoms with Crippen LogP contribution in [0.15, 0.2) is 18.2 Å². The van der Waals surface area contributed by atoms with Crippen LogP contribution < -0.4 is 10.6 Å². The molecule has 0 aliphatic carbocycles. The fourth-order valence-electron chi connectivity index (χ4n) is 3.54. The summed E-state index contributed by atoms with van der Waals surface area (Å²) in [6.45, 7) is 4.51. The van der Waals surface area contributed by atoms with E-state index in [1.54, 1.807) is 12.1 Å². The van der Waals surface area contributed by atoms with Crippen LogP contribution in [0.2, 0.25) is 0 Å². The van der Waals surface area contributed by atoms with Crippen molar-refractivity contribution < 1.29 is 4.39 Å². The summed E-state index contributed by atoms with van der Waals surface area (Å²) in [5.41, 5.74) is 7.29. The van der Waals surface area contributed by atoms with Gasteiger partial charge in [-0.25, -0.2) is 4.39 Å². The highest BCUT2D eigenvalue weighted by atomic mass is 19.1. The van der Waals surface area contributed by atoms with Crippen molar-refractivity contribution in [3.8, 4) is 0 Å². The van der Waals surface area contributed by atoms with Crippen molar-refractivity contribution in [1.29, 1.82) is 0 Å². The molecule has 4 heteroatoms. The molecule has 110 valence electrons. The minimum Gasteiger partial charge on any atom is -0.396 e. The maximum Gasteiger partial charge on any atom is 0.148 e. The maximum atomic E-state index is 13.6. The molecule has 3 nitrogen and oxygen atoms in total. The second-order valence-electron chi connectivity index (χ2n) is 6.50. The molecule has 2 saturated heterocycles. The van der Waals surface area contributed by atoms with Crippen molar-refractivity contribution in [2.75, 3.05) is 43.9 Å². The molecule has 0 aromatic heterocycles. The SMILES string of the molecule is CN1CCC2(CC1)CCN(c1ccc(N)c(F)c1)CC2. The number of likely N-dealkylation sites (tertiary alicyclic amines) is 1. The van der Waals surface area contributed by atoms with Gasteiger partial charge in [0.1, 0.15) is 5.82 Å². The molecule has 2 aliphatic rings. The van der Waals surface area contributed by atoms with Crippen LogP contribution in [0.1, 0.15) is 25.7 Å². The average Bonchev–Trinajstić information content (AvgIpc) is 2.46. The number of rotatable bonds is 1. The van der Waals surface area contributed by atoms with E-state index in [9.17, 15) is 4.39 Å². The van der Waals surface area contributed by atoms with E-state index < -0.39 is 0 Å². The molecule has 2 N–H and O–H groups in total. The summed E-state index contributed by atoms with van der Waals surface area (Å²) in [7, 11) is 2.21. The van der Waals surface area contributed by atoms with Crippen LogP contribution in [0, 0.1) is 11.2 Å². The fourth-order valence-corrected chi connectivity index (χ4v) is 3.54. The predicted octanol–water partition coefficient (Wildman–Crippen LogP) is 2.72. The lowest BCUT2D eigenvalue weighted by molar-refractivity contribution is 0.0945. The molecule has 1 spiro atoms. The summed E-state index contributed by atoms with van der Waals surface area (Å²) < 4.78 is 13.6. The molecule has 2 fully saturated rings. The standard InChI is InChI=1S/C16H24FN3/c1-19-8-4-16(5-9-19)6-10-20(11-7-16)13-2-3-15(18)14(17)12-13/h2-3,12H,4-11,18H2,1H3. The first-order valence-corrected chi connectivity index (χ1v) is 7.57. The Hall–Kier alpha value is -1.29. The van der Waals surface area contributed by atoms with Gasteiger partial charge in [0.25, 0.3) is 0 Å². The second-order valence-corrected chi connectivity index (χ2v) is 6.50. The Bertz CT molecular complexity index is 471. The number of nitrogen functional groups attached to an aromatic ring is 1. The molecule has 1 aromatic carbocycles. The summed E-state index contributed by atoms with van der Waals surface area (Å²) in [4.78, 5) is 4.72. The quantitative estimate of drug-likeness (QED) is 0.801. The van der Waals surface area contributed by atoms with Gasteiger partial charge in [-0.2, -0.15) is 0 Å². The minimum atomic E-state index is -0.304. The third-order valence-corrected chi connectivity index (χ3v) is 5.22. The Balaban J connectivity index is 1.65. The second kappa shape index (κ2) is 5.24. The van der Waals surface area contributed by atoms with Gasteiger partial charge in [0.05, 0.1) is 5.69 Å². The van der Waals surface area contributed by atoms with Crippen LogP contribution in [-0.4, -0.2) is 38.1 Å². The Labute approximate surface area is 120 Å². The van der Waals surface area contributed by atoms with E-state index in [1.807, 2.05) is 6.07 Å². The van der Waals surface area contributed by atoms with E-state index in [2.05, 4.69) is 16.8 Å². The van der Waals surface area contributed by atoms with Crippen molar-refractivity contribution in [3.63, 3.8) is 0 Å². The highest BCUT2D eigenvalue weighted by Crippen LogP contribution is 2.41. The number of benzene rings is 1. The lowest BCUT2D eigenvalue weighted by Crippen LogP contribution is -2.46. The predicted molar refractivity (Wildman–Crippen MR) is 81.4 cm³/mol. The van der Waals surface area contributed by atoms with Crippen LogP contribution in [0.5, 0.6) is 0 Å². The average molecular weight is 277 g/mol. The first-order valence-electron chi connectivity index (χ1n) is 7.57. The first kappa shape index (κ1) is 13.7. The van der Waals surface area contributed by atoms with E-state index in [1.165, 1.54) is 38.8 Å². The number of nitrogens with two attached hydrogens (primary N) is 1. The highest BCUT2D eigenvalue weighted by molar-refractivity contribution is 5.54. The van der Waals surface area contributed by atoms with Gasteiger partial charge in [0.15, 0.2) is 0 Å². The molecule has 0 atom stereocenters. The Morgan fingerprint density at radius 1 is 1.05 bits per heavy atom. The molecule has 0 unspecified atom stereocenters. The van der Waals surface area contributed by atoms with Crippen molar-refractivity contribution in [2.45, 2.75) is 25.7 Å². The fraction of sp³-hybridized carbons (Fsp3) is 0.625. The Kier molecular flexibility index (Phi) is 3.59. The lowest BCUT2D eigenvalue weighted by atomic mass is 9.71. The summed E-state index contributed by atoms with van der Waals surface area (Å²) >= 11 is 0. The zero-order chi connectivity index (χ0) is 14.2. The minimum absolute atomic E-state index is 0.234. The third kappa shape index (κ3) is 2.62. The largest absolute Gasteiger partial charge is 0.396 e. The Morgan fingerprint density at radius 2 is 1.65 bits per heavy atom. The molecule has 2 heterocycles. The molecule has 3 rings (SSSR count). The summed E-state index contributed by atoms with van der Waals surface area (Å²) in [6, 6.07) is 5.18. The smallest absolute Gasteiger partial charge is 0.148 e. The number of anilines is 2. The van der Waals surface area contributed by atoms with Crippen LogP contribution in [0.3, 0.4) is 0 Å². The van der Waals surface area contributed by atoms with Crippen molar-refractivity contribution >= 4 is 11.4 Å². The molecule has 20 heavy (non-hydrogen) atoms. The number of piperidine rings is 2. The highest BCUT2D eigenvalue weighted by Gasteiger charge is 2.36. The molecule has 2 aliphatic heterocycles. The van der Waals surface area contributed by atoms with E-state index >= 15 is 0 Å². The van der Waals surface area contributed by atoms with E-state index in [0.717, 1.165) is 18.8 Å². The van der Waals surface area contributed by atoms with Crippen LogP contribution >= 0.6 is 0 Å². The number of hydrogen-bond acceptors (Lipinski definition) is 3. The number of halogens is 1. The van der Waals surface area contributed by atoms with Crippen LogP contribution in [-0.2, 0) is 0 Å². The van der Waals surface area contributed by atoms with Gasteiger partial charge < -0.3 is 15.5 Å². The third-order valence-electron chi connectivity index (χ3n) is 5.22. The van der Waals surface area contributed by atoms with Gasteiger partial charge in [-0.1, -0.05) is 0 Å². The normalized spacial score (nSPS) is 23.2. The molecule has 0 radical (unpaired) electrons. The van der Waals surface area contributed by atoms with Gasteiger partial charge in [-0.05, 0) is 69.4 Å². The van der Waals surface area contributed by atoms with E-state index in [0.29, 0.717) is 5.41 Å². The molecule has 0 saturated carbocycles. The topological polar surface area (TPSA) is 32.5 Å². The van der Waals surface area contributed by atoms with Gasteiger partial charge in [0.2, 0.25) is 0 Å². The lowest BCUT2D eigenvalue weighted by Gasteiger charge is -2.46. The van der Waals surface area contributed by atoms with Gasteiger partial charge in [-0.15, -0.1) is 0 Å².